The molecule has 0 bridgehead atoms. The molecule has 4 aliphatic heterocycles. The summed E-state index contributed by atoms with van der Waals surface area (Å²) < 4.78 is 0. The van der Waals surface area contributed by atoms with Gasteiger partial charge in [-0.15, -0.1) is 0 Å². The number of para-hydroxylation sites is 1. The third-order valence-corrected chi connectivity index (χ3v) is 20.2. The van der Waals surface area contributed by atoms with Crippen LogP contribution >= 0.6 is 0 Å². The molecule has 0 N–H and O–H groups in total. The van der Waals surface area contributed by atoms with Gasteiger partial charge in [-0.3, -0.25) is 0 Å². The van der Waals surface area contributed by atoms with Crippen LogP contribution < -0.4 is 31.1 Å². The molecule has 0 aromatic heterocycles. The summed E-state index contributed by atoms with van der Waals surface area (Å²) in [7, 11) is 0. The molecule has 2 aliphatic carbocycles. The lowest BCUT2D eigenvalue weighted by Gasteiger charge is -2.54. The van der Waals surface area contributed by atoms with Crippen LogP contribution in [0.25, 0.3) is 22.3 Å². The molecule has 75 heavy (non-hydrogen) atoms. The first-order valence-electron chi connectivity index (χ1n) is 28.4. The fourth-order valence-corrected chi connectivity index (χ4v) is 16.1. The van der Waals surface area contributed by atoms with Crippen molar-refractivity contribution in [2.24, 2.45) is 0 Å². The van der Waals surface area contributed by atoms with Crippen molar-refractivity contribution < 1.29 is 0 Å². The largest absolute Gasteiger partial charge is 0.335 e. The Bertz CT molecular complexity index is 3610. The summed E-state index contributed by atoms with van der Waals surface area (Å²) in [5, 5.41) is 0. The minimum Gasteiger partial charge on any atom is -0.335 e. The Labute approximate surface area is 447 Å². The van der Waals surface area contributed by atoms with Crippen LogP contribution in [0, 0.1) is 0 Å². The van der Waals surface area contributed by atoms with Gasteiger partial charge in [0.1, 0.15) is 0 Å². The maximum atomic E-state index is 2.95. The monoisotopic (exact) mass is 978 g/mol. The number of benzene rings is 8. The third-order valence-electron chi connectivity index (χ3n) is 20.2. The van der Waals surface area contributed by atoms with Crippen molar-refractivity contribution in [2.45, 2.75) is 146 Å². The molecule has 4 heteroatoms. The Balaban J connectivity index is 1.12. The number of rotatable bonds is 5. The van der Waals surface area contributed by atoms with Crippen LogP contribution in [0.15, 0.2) is 176 Å². The Hall–Kier alpha value is -6.78. The molecule has 2 saturated carbocycles. The number of anilines is 7. The molecule has 0 saturated heterocycles. The molecule has 4 heterocycles. The van der Waals surface area contributed by atoms with Crippen molar-refractivity contribution in [3.05, 3.63) is 204 Å². The molecular formula is C71H72BN3. The lowest BCUT2D eigenvalue weighted by atomic mass is 9.33. The maximum absolute atomic E-state index is 2.95. The molecule has 3 nitrogen and oxygen atoms in total. The van der Waals surface area contributed by atoms with Crippen molar-refractivity contribution in [3.8, 4) is 22.3 Å². The second kappa shape index (κ2) is 16.1. The van der Waals surface area contributed by atoms with Crippen LogP contribution in [-0.4, -0.2) is 17.8 Å². The van der Waals surface area contributed by atoms with Gasteiger partial charge in [0, 0.05) is 50.5 Å². The van der Waals surface area contributed by atoms with E-state index in [1.807, 2.05) is 0 Å². The average molecular weight is 978 g/mol. The van der Waals surface area contributed by atoms with Crippen molar-refractivity contribution in [2.75, 3.05) is 14.7 Å². The smallest absolute Gasteiger partial charge is 0.252 e. The molecule has 6 aliphatic rings. The summed E-state index contributed by atoms with van der Waals surface area (Å²) in [5.41, 5.74) is 25.1. The molecule has 14 rings (SSSR count). The van der Waals surface area contributed by atoms with Gasteiger partial charge in [-0.1, -0.05) is 208 Å². The van der Waals surface area contributed by atoms with Gasteiger partial charge in [0.05, 0.1) is 16.8 Å². The van der Waals surface area contributed by atoms with E-state index in [1.165, 1.54) is 138 Å². The lowest BCUT2D eigenvalue weighted by molar-refractivity contribution is 0.195. The number of hydrogen-bond acceptors (Lipinski definition) is 3. The van der Waals surface area contributed by atoms with Gasteiger partial charge < -0.3 is 14.7 Å². The molecular weight excluding hydrogens is 906 g/mol. The van der Waals surface area contributed by atoms with Crippen molar-refractivity contribution in [3.63, 3.8) is 0 Å². The van der Waals surface area contributed by atoms with E-state index in [1.54, 1.807) is 0 Å². The first-order valence-corrected chi connectivity index (χ1v) is 28.4. The summed E-state index contributed by atoms with van der Waals surface area (Å²) >= 11 is 0. The van der Waals surface area contributed by atoms with Gasteiger partial charge in [-0.05, 0) is 154 Å². The van der Waals surface area contributed by atoms with E-state index < -0.39 is 0 Å². The maximum Gasteiger partial charge on any atom is 0.252 e. The molecule has 4 unspecified atom stereocenters. The van der Waals surface area contributed by atoms with E-state index in [0.29, 0.717) is 0 Å². The van der Waals surface area contributed by atoms with E-state index in [4.69, 9.17) is 0 Å². The quantitative estimate of drug-likeness (QED) is 0.159. The molecule has 4 atom stereocenters. The van der Waals surface area contributed by atoms with Crippen LogP contribution in [0.3, 0.4) is 0 Å². The summed E-state index contributed by atoms with van der Waals surface area (Å²) in [6.07, 6.45) is 9.44. The van der Waals surface area contributed by atoms with Crippen LogP contribution in [0.1, 0.15) is 141 Å². The predicted octanol–water partition coefficient (Wildman–Crippen LogP) is 16.7. The highest BCUT2D eigenvalue weighted by Crippen LogP contribution is 2.66. The minimum atomic E-state index is -0.218. The summed E-state index contributed by atoms with van der Waals surface area (Å²) in [6, 6.07) is 69.3. The number of hydrogen-bond donors (Lipinski definition) is 0. The Morgan fingerprint density at radius 3 is 1.76 bits per heavy atom. The predicted molar refractivity (Wildman–Crippen MR) is 320 cm³/mol. The Morgan fingerprint density at radius 1 is 0.427 bits per heavy atom. The zero-order valence-electron chi connectivity index (χ0n) is 45.8. The van der Waals surface area contributed by atoms with Crippen LogP contribution in [0.5, 0.6) is 0 Å². The molecule has 2 fully saturated rings. The highest BCUT2D eigenvalue weighted by molar-refractivity contribution is 7.00. The molecule has 0 radical (unpaired) electrons. The Kier molecular flexibility index (Phi) is 10.0. The van der Waals surface area contributed by atoms with Crippen molar-refractivity contribution in [1.29, 1.82) is 0 Å². The molecule has 8 aromatic rings. The lowest BCUT2D eigenvalue weighted by Crippen LogP contribution is -2.65. The van der Waals surface area contributed by atoms with Crippen LogP contribution in [-0.2, 0) is 21.7 Å². The normalized spacial score (nSPS) is 24.0. The second-order valence-electron chi connectivity index (χ2n) is 26.1. The SMILES string of the molecule is CC(C)(C)c1ccc(N2c3cc(C(C)(C)C)ccc3B3c4cccc5c4N(c4cc(N6c7ccc(-c8ccccc8)cc7C7(C)CCCCC67C)cc2c43)C2(C)CCCCC52c2ccccc2)c(-c2ccccc2)c1. The van der Waals surface area contributed by atoms with Gasteiger partial charge in [0.15, 0.2) is 0 Å². The van der Waals surface area contributed by atoms with E-state index >= 15 is 0 Å². The molecule has 374 valence electrons. The summed E-state index contributed by atoms with van der Waals surface area (Å²) in [6.45, 7) is 22.1. The van der Waals surface area contributed by atoms with E-state index in [2.05, 4.69) is 253 Å². The Morgan fingerprint density at radius 2 is 1.04 bits per heavy atom. The zero-order valence-corrected chi connectivity index (χ0v) is 45.8. The van der Waals surface area contributed by atoms with E-state index in [0.717, 1.165) is 19.3 Å². The third kappa shape index (κ3) is 6.35. The van der Waals surface area contributed by atoms with Crippen molar-refractivity contribution >= 4 is 62.9 Å². The number of nitrogens with zero attached hydrogens (tertiary/aromatic N) is 3. The van der Waals surface area contributed by atoms with E-state index in [9.17, 15) is 0 Å². The van der Waals surface area contributed by atoms with Gasteiger partial charge in [0.2, 0.25) is 0 Å². The fraction of sp³-hybridized carbons (Fsp3) is 0.324. The van der Waals surface area contributed by atoms with Gasteiger partial charge in [-0.2, -0.15) is 0 Å². The highest BCUT2D eigenvalue weighted by Gasteiger charge is 2.65. The summed E-state index contributed by atoms with van der Waals surface area (Å²) in [5.74, 6) is 0. The molecule has 8 aromatic carbocycles. The number of fused-ring (bicyclic) bond motifs is 10. The average Bonchev–Trinajstić information content (AvgIpc) is 3.99. The minimum absolute atomic E-state index is 0.0328. The van der Waals surface area contributed by atoms with Crippen LogP contribution in [0.4, 0.5) is 39.8 Å². The van der Waals surface area contributed by atoms with Gasteiger partial charge >= 0.3 is 0 Å². The topological polar surface area (TPSA) is 9.72 Å². The fourth-order valence-electron chi connectivity index (χ4n) is 16.1. The van der Waals surface area contributed by atoms with E-state index in [-0.39, 0.29) is 39.5 Å². The standard InChI is InChI=1S/C71H72BN3/c1-66(2,3)51-34-37-59(54(43-51)48-26-15-11-16-27-48)73-61-44-52(67(4,5)6)33-35-57(61)72-58-31-23-30-55-65(58)75(70(9)40-21-22-41-71(55,70)50-28-17-12-18-29-50)63-46-53(45-62(73)64(63)72)74-60-36-32-49(47-24-13-10-14-25-47)42-56(60)68(7)38-19-20-39-69(68,74)8/h10-18,23-37,42-46H,19-22,38-41H2,1-9H3. The highest BCUT2D eigenvalue weighted by atomic mass is 15.3. The zero-order chi connectivity index (χ0) is 51.4. The molecule has 0 amide bonds. The first kappa shape index (κ1) is 46.7. The van der Waals surface area contributed by atoms with Gasteiger partial charge in [0.25, 0.3) is 6.71 Å². The van der Waals surface area contributed by atoms with Crippen molar-refractivity contribution in [1.82, 2.24) is 0 Å². The first-order chi connectivity index (χ1) is 36.1. The van der Waals surface area contributed by atoms with Gasteiger partial charge in [-0.25, -0.2) is 0 Å². The summed E-state index contributed by atoms with van der Waals surface area (Å²) in [4.78, 5) is 8.57. The molecule has 0 spiro atoms. The second-order valence-corrected chi connectivity index (χ2v) is 26.1. The van der Waals surface area contributed by atoms with Crippen LogP contribution in [0.2, 0.25) is 0 Å².